The van der Waals surface area contributed by atoms with Gasteiger partial charge in [-0.2, -0.15) is 13.2 Å². The van der Waals surface area contributed by atoms with Crippen molar-refractivity contribution in [3.63, 3.8) is 0 Å². The van der Waals surface area contributed by atoms with Crippen molar-refractivity contribution in [3.8, 4) is 5.75 Å². The van der Waals surface area contributed by atoms with Crippen LogP contribution < -0.4 is 4.74 Å². The number of rotatable bonds is 7. The molecule has 0 saturated carbocycles. The van der Waals surface area contributed by atoms with Gasteiger partial charge in [0.05, 0.1) is 11.8 Å². The number of halogens is 5. The molecule has 2 aromatic carbocycles. The van der Waals surface area contributed by atoms with Crippen molar-refractivity contribution in [2.45, 2.75) is 50.4 Å². The van der Waals surface area contributed by atoms with Crippen molar-refractivity contribution in [1.82, 2.24) is 9.21 Å². The van der Waals surface area contributed by atoms with Crippen LogP contribution in [0.4, 0.5) is 22.0 Å². The molecule has 0 aromatic heterocycles. The minimum absolute atomic E-state index is 0.123. The fraction of sp³-hybridized carbons (Fsp3) is 0.520. The molecule has 2 fully saturated rings. The summed E-state index contributed by atoms with van der Waals surface area (Å²) in [4.78, 5) is 2.01. The highest BCUT2D eigenvalue weighted by Gasteiger charge is 2.36. The van der Waals surface area contributed by atoms with E-state index in [1.54, 1.807) is 0 Å². The topological polar surface area (TPSA) is 49.9 Å². The number of ether oxygens (including phenoxy) is 1. The Hall–Kier alpha value is -2.24. The minimum Gasteiger partial charge on any atom is -0.482 e. The fourth-order valence-electron chi connectivity index (χ4n) is 5.01. The van der Waals surface area contributed by atoms with Crippen molar-refractivity contribution in [2.75, 3.05) is 32.4 Å². The lowest BCUT2D eigenvalue weighted by molar-refractivity contribution is -0.137. The number of nitrogens with zero attached hydrogens (tertiary/aromatic N) is 2. The summed E-state index contributed by atoms with van der Waals surface area (Å²) in [7, 11) is -3.29. The first-order valence-corrected chi connectivity index (χ1v) is 13.7. The van der Waals surface area contributed by atoms with Crippen molar-refractivity contribution in [1.29, 1.82) is 0 Å². The third kappa shape index (κ3) is 5.84. The molecule has 0 amide bonds. The molecular weight excluding hydrogens is 503 g/mol. The highest BCUT2D eigenvalue weighted by molar-refractivity contribution is 7.88. The van der Waals surface area contributed by atoms with E-state index in [4.69, 9.17) is 4.74 Å². The molecule has 1 unspecified atom stereocenters. The Labute approximate surface area is 207 Å². The maximum absolute atomic E-state index is 14.8. The van der Waals surface area contributed by atoms with Crippen LogP contribution in [0, 0.1) is 11.6 Å². The van der Waals surface area contributed by atoms with E-state index in [-0.39, 0.29) is 12.0 Å². The Morgan fingerprint density at radius 3 is 2.06 bits per heavy atom. The number of sulfonamides is 1. The molecule has 0 radical (unpaired) electrons. The summed E-state index contributed by atoms with van der Waals surface area (Å²) >= 11 is 0. The average Bonchev–Trinajstić information content (AvgIpc) is 2.78. The monoisotopic (exact) mass is 532 g/mol. The fourth-order valence-corrected chi connectivity index (χ4v) is 5.89. The van der Waals surface area contributed by atoms with Gasteiger partial charge in [0, 0.05) is 32.2 Å². The van der Waals surface area contributed by atoms with E-state index in [1.165, 1.54) is 28.6 Å². The Kier molecular flexibility index (Phi) is 7.64. The second kappa shape index (κ2) is 10.3. The quantitative estimate of drug-likeness (QED) is 0.452. The molecule has 198 valence electrons. The lowest BCUT2D eigenvalue weighted by Gasteiger charge is -2.44. The number of hydrogen-bond acceptors (Lipinski definition) is 4. The molecule has 2 aromatic rings. The van der Waals surface area contributed by atoms with Crippen molar-refractivity contribution in [3.05, 3.63) is 64.7 Å². The minimum atomic E-state index is -4.40. The van der Waals surface area contributed by atoms with Gasteiger partial charge >= 0.3 is 6.18 Å². The predicted molar refractivity (Wildman–Crippen MR) is 125 cm³/mol. The van der Waals surface area contributed by atoms with Gasteiger partial charge in [0.1, 0.15) is 6.10 Å². The highest BCUT2D eigenvalue weighted by Crippen LogP contribution is 2.36. The molecule has 2 aliphatic rings. The van der Waals surface area contributed by atoms with Crippen LogP contribution in [0.1, 0.15) is 54.8 Å². The summed E-state index contributed by atoms with van der Waals surface area (Å²) in [6, 6.07) is 7.43. The molecule has 0 aliphatic carbocycles. The van der Waals surface area contributed by atoms with Crippen molar-refractivity contribution < 1.29 is 35.1 Å². The number of likely N-dealkylation sites (tertiary alicyclic amines) is 1. The number of hydrogen-bond donors (Lipinski definition) is 0. The Morgan fingerprint density at radius 2 is 1.58 bits per heavy atom. The first-order chi connectivity index (χ1) is 16.9. The third-order valence-electron chi connectivity index (χ3n) is 7.03. The second-order valence-electron chi connectivity index (χ2n) is 9.49. The first-order valence-electron chi connectivity index (χ1n) is 11.9. The molecule has 11 heteroatoms. The summed E-state index contributed by atoms with van der Waals surface area (Å²) < 4.78 is 98.4. The van der Waals surface area contributed by atoms with E-state index in [2.05, 4.69) is 0 Å². The summed E-state index contributed by atoms with van der Waals surface area (Å²) in [6.45, 7) is 3.32. The average molecular weight is 533 g/mol. The van der Waals surface area contributed by atoms with Crippen LogP contribution >= 0.6 is 0 Å². The Balaban J connectivity index is 1.36. The van der Waals surface area contributed by atoms with E-state index < -0.39 is 45.3 Å². The van der Waals surface area contributed by atoms with Gasteiger partial charge in [-0.15, -0.1) is 0 Å². The van der Waals surface area contributed by atoms with Gasteiger partial charge in [0.15, 0.2) is 17.4 Å². The smallest absolute Gasteiger partial charge is 0.416 e. The molecule has 36 heavy (non-hydrogen) atoms. The molecule has 1 atom stereocenters. The van der Waals surface area contributed by atoms with Crippen LogP contribution in [0.5, 0.6) is 5.75 Å². The van der Waals surface area contributed by atoms with E-state index in [9.17, 15) is 30.4 Å². The molecule has 2 saturated heterocycles. The van der Waals surface area contributed by atoms with Gasteiger partial charge in [0.25, 0.3) is 0 Å². The predicted octanol–water partition coefficient (Wildman–Crippen LogP) is 5.34. The Morgan fingerprint density at radius 1 is 1.03 bits per heavy atom. The summed E-state index contributed by atoms with van der Waals surface area (Å²) in [5.41, 5.74) is 0.517. The lowest BCUT2D eigenvalue weighted by Crippen LogP contribution is -2.55. The van der Waals surface area contributed by atoms with Gasteiger partial charge in [-0.3, -0.25) is 4.90 Å². The first kappa shape index (κ1) is 26.8. The molecule has 4 rings (SSSR count). The number of alkyl halides is 3. The zero-order chi connectivity index (χ0) is 26.3. The summed E-state index contributed by atoms with van der Waals surface area (Å²) in [6.07, 6.45) is -2.08. The summed E-state index contributed by atoms with van der Waals surface area (Å²) in [5.74, 6) is -2.19. The molecular formula is C25H29F5N2O3S. The summed E-state index contributed by atoms with van der Waals surface area (Å²) in [5, 5.41) is 0. The zero-order valence-corrected chi connectivity index (χ0v) is 20.9. The van der Waals surface area contributed by atoms with Gasteiger partial charge in [0.2, 0.25) is 10.0 Å². The van der Waals surface area contributed by atoms with E-state index in [0.717, 1.165) is 24.0 Å². The maximum atomic E-state index is 14.8. The third-order valence-corrected chi connectivity index (χ3v) is 8.33. The van der Waals surface area contributed by atoms with Crippen LogP contribution in [0.25, 0.3) is 0 Å². The molecule has 0 N–H and O–H groups in total. The largest absolute Gasteiger partial charge is 0.482 e. The molecule has 2 aliphatic heterocycles. The Bertz CT molecular complexity index is 1150. The van der Waals surface area contributed by atoms with Gasteiger partial charge in [-0.1, -0.05) is 19.1 Å². The van der Waals surface area contributed by atoms with E-state index >= 15 is 0 Å². The van der Waals surface area contributed by atoms with Crippen LogP contribution in [-0.2, 0) is 16.2 Å². The van der Waals surface area contributed by atoms with Gasteiger partial charge in [-0.25, -0.2) is 21.5 Å². The van der Waals surface area contributed by atoms with Crippen LogP contribution in [0.3, 0.4) is 0 Å². The maximum Gasteiger partial charge on any atom is 0.416 e. The van der Waals surface area contributed by atoms with Crippen molar-refractivity contribution >= 4 is 10.0 Å². The SMILES string of the molecule is CCC(c1ccc(C(F)(F)F)cc1)N1CC(Oc2c(F)cc(C3CCN(S(C)(=O)=O)CC3)cc2F)C1. The second-order valence-corrected chi connectivity index (χ2v) is 11.5. The van der Waals surface area contributed by atoms with E-state index in [0.29, 0.717) is 51.0 Å². The van der Waals surface area contributed by atoms with E-state index in [1.807, 2.05) is 11.8 Å². The molecule has 0 bridgehead atoms. The standard InChI is InChI=1S/C25H29F5N2O3S/c1-3-23(17-4-6-19(7-5-17)25(28,29)30)31-14-20(15-31)35-24-21(26)12-18(13-22(24)27)16-8-10-32(11-9-16)36(2,33)34/h4-7,12-13,16,20,23H,3,8-11,14-15H2,1-2H3. The van der Waals surface area contributed by atoms with Gasteiger partial charge in [-0.05, 0) is 60.6 Å². The van der Waals surface area contributed by atoms with Crippen molar-refractivity contribution in [2.24, 2.45) is 0 Å². The number of benzene rings is 2. The number of piperidine rings is 1. The van der Waals surface area contributed by atoms with Crippen LogP contribution in [-0.4, -0.2) is 56.2 Å². The molecule has 0 spiro atoms. The molecule has 5 nitrogen and oxygen atoms in total. The van der Waals surface area contributed by atoms with Crippen LogP contribution in [0.2, 0.25) is 0 Å². The normalized spacial score (nSPS) is 19.8. The zero-order valence-electron chi connectivity index (χ0n) is 20.1. The van der Waals surface area contributed by atoms with Gasteiger partial charge < -0.3 is 4.74 Å². The lowest BCUT2D eigenvalue weighted by atomic mass is 9.90. The molecule has 2 heterocycles. The van der Waals surface area contributed by atoms with Crippen LogP contribution in [0.15, 0.2) is 36.4 Å². The highest BCUT2D eigenvalue weighted by atomic mass is 32.2.